The highest BCUT2D eigenvalue weighted by Gasteiger charge is 2.22. The molecule has 0 spiro atoms. The van der Waals surface area contributed by atoms with E-state index in [0.717, 1.165) is 11.1 Å². The number of Topliss-reactive ketones (excluding diaryl/α,β-unsaturated/α-hetero) is 1. The summed E-state index contributed by atoms with van der Waals surface area (Å²) in [6.45, 7) is 0. The molecule has 0 aromatic heterocycles. The van der Waals surface area contributed by atoms with E-state index in [1.54, 1.807) is 0 Å². The predicted octanol–water partition coefficient (Wildman–Crippen LogP) is 3.10. The minimum absolute atomic E-state index is 0.179. The van der Waals surface area contributed by atoms with Gasteiger partial charge in [0.25, 0.3) is 0 Å². The first kappa shape index (κ1) is 13.5. The van der Waals surface area contributed by atoms with Gasteiger partial charge < -0.3 is 0 Å². The summed E-state index contributed by atoms with van der Waals surface area (Å²) < 4.78 is 0. The zero-order valence-electron chi connectivity index (χ0n) is 11.4. The predicted molar refractivity (Wildman–Crippen MR) is 78.0 cm³/mol. The van der Waals surface area contributed by atoms with Crippen LogP contribution in [0.25, 0.3) is 0 Å². The molecule has 98 valence electrons. The number of carbonyl (C=O) groups is 1. The average Bonchev–Trinajstić information content (AvgIpc) is 2.40. The lowest BCUT2D eigenvalue weighted by Crippen LogP contribution is -2.28. The molecule has 0 aliphatic heterocycles. The number of likely N-dealkylation sites (N-methyl/N-ethyl adjacent to an activating group) is 1. The molecule has 2 nitrogen and oxygen atoms in total. The zero-order valence-corrected chi connectivity index (χ0v) is 11.4. The second kappa shape index (κ2) is 6.30. The molecule has 1 unspecified atom stereocenters. The normalized spacial score (nSPS) is 12.4. The largest absolute Gasteiger partial charge is 0.297 e. The van der Waals surface area contributed by atoms with E-state index in [2.05, 4.69) is 0 Å². The van der Waals surface area contributed by atoms with E-state index in [9.17, 15) is 4.79 Å². The van der Waals surface area contributed by atoms with Crippen molar-refractivity contribution in [2.24, 2.45) is 0 Å². The highest BCUT2D eigenvalue weighted by Crippen LogP contribution is 2.20. The molecule has 0 fully saturated rings. The number of hydrogen-bond donors (Lipinski definition) is 0. The Bertz CT molecular complexity index is 519. The van der Waals surface area contributed by atoms with Crippen molar-refractivity contribution in [3.05, 3.63) is 71.8 Å². The van der Waals surface area contributed by atoms with Crippen LogP contribution >= 0.6 is 0 Å². The van der Waals surface area contributed by atoms with E-state index in [0.29, 0.717) is 6.42 Å². The molecule has 0 N–H and O–H groups in total. The van der Waals surface area contributed by atoms with Gasteiger partial charge in [-0.25, -0.2) is 0 Å². The number of ketones is 1. The number of hydrogen-bond acceptors (Lipinski definition) is 2. The lowest BCUT2D eigenvalue weighted by molar-refractivity contribution is -0.123. The quantitative estimate of drug-likeness (QED) is 0.816. The Labute approximate surface area is 114 Å². The van der Waals surface area contributed by atoms with Gasteiger partial charge in [-0.15, -0.1) is 0 Å². The van der Waals surface area contributed by atoms with Crippen LogP contribution in [0, 0.1) is 0 Å². The molecular weight excluding hydrogens is 234 g/mol. The SMILES string of the molecule is CN(C)C(C(=O)Cc1ccccc1)c1ccccc1. The standard InChI is InChI=1S/C17H19NO/c1-18(2)17(15-11-7-4-8-12-15)16(19)13-14-9-5-3-6-10-14/h3-12,17H,13H2,1-2H3. The third-order valence-electron chi connectivity index (χ3n) is 3.16. The summed E-state index contributed by atoms with van der Waals surface area (Å²) in [5.74, 6) is 0.224. The minimum atomic E-state index is -0.179. The van der Waals surface area contributed by atoms with Crippen LogP contribution in [0.5, 0.6) is 0 Å². The van der Waals surface area contributed by atoms with Gasteiger partial charge in [0.1, 0.15) is 0 Å². The van der Waals surface area contributed by atoms with Crippen molar-refractivity contribution in [2.75, 3.05) is 14.1 Å². The van der Waals surface area contributed by atoms with E-state index < -0.39 is 0 Å². The first-order chi connectivity index (χ1) is 9.18. The van der Waals surface area contributed by atoms with Gasteiger partial charge in [0.2, 0.25) is 0 Å². The van der Waals surface area contributed by atoms with Crippen LogP contribution in [0.2, 0.25) is 0 Å². The summed E-state index contributed by atoms with van der Waals surface area (Å²) >= 11 is 0. The number of benzene rings is 2. The zero-order chi connectivity index (χ0) is 13.7. The topological polar surface area (TPSA) is 20.3 Å². The van der Waals surface area contributed by atoms with E-state index in [1.807, 2.05) is 79.7 Å². The molecule has 2 heteroatoms. The van der Waals surface area contributed by atoms with Gasteiger partial charge in [0, 0.05) is 6.42 Å². The lowest BCUT2D eigenvalue weighted by Gasteiger charge is -2.23. The molecule has 0 aliphatic rings. The number of carbonyl (C=O) groups excluding carboxylic acids is 1. The Morgan fingerprint density at radius 3 is 2.00 bits per heavy atom. The Hall–Kier alpha value is -1.93. The first-order valence-corrected chi connectivity index (χ1v) is 6.46. The van der Waals surface area contributed by atoms with E-state index in [1.165, 1.54) is 0 Å². The average molecular weight is 253 g/mol. The van der Waals surface area contributed by atoms with Crippen LogP contribution in [-0.2, 0) is 11.2 Å². The van der Waals surface area contributed by atoms with Crippen LogP contribution in [0.15, 0.2) is 60.7 Å². The van der Waals surface area contributed by atoms with Gasteiger partial charge in [-0.05, 0) is 25.2 Å². The Kier molecular flexibility index (Phi) is 4.48. The lowest BCUT2D eigenvalue weighted by atomic mass is 9.97. The van der Waals surface area contributed by atoms with Crippen molar-refractivity contribution < 1.29 is 4.79 Å². The van der Waals surface area contributed by atoms with Gasteiger partial charge in [0.05, 0.1) is 6.04 Å². The van der Waals surface area contributed by atoms with Crippen LogP contribution in [0.3, 0.4) is 0 Å². The molecule has 2 aromatic rings. The highest BCUT2D eigenvalue weighted by molar-refractivity contribution is 5.87. The number of rotatable bonds is 5. The van der Waals surface area contributed by atoms with Crippen molar-refractivity contribution in [3.63, 3.8) is 0 Å². The summed E-state index contributed by atoms with van der Waals surface area (Å²) in [6, 6.07) is 19.6. The third-order valence-corrected chi connectivity index (χ3v) is 3.16. The fourth-order valence-electron chi connectivity index (χ4n) is 2.30. The van der Waals surface area contributed by atoms with Crippen molar-refractivity contribution in [3.8, 4) is 0 Å². The molecule has 0 saturated carbocycles. The Balaban J connectivity index is 2.19. The van der Waals surface area contributed by atoms with E-state index >= 15 is 0 Å². The summed E-state index contributed by atoms with van der Waals surface area (Å²) in [5.41, 5.74) is 2.11. The summed E-state index contributed by atoms with van der Waals surface area (Å²) in [4.78, 5) is 14.5. The number of nitrogens with zero attached hydrogens (tertiary/aromatic N) is 1. The molecule has 19 heavy (non-hydrogen) atoms. The van der Waals surface area contributed by atoms with Gasteiger partial charge in [-0.1, -0.05) is 60.7 Å². The molecule has 0 heterocycles. The Morgan fingerprint density at radius 1 is 0.947 bits per heavy atom. The fraction of sp³-hybridized carbons (Fsp3) is 0.235. The third kappa shape index (κ3) is 3.52. The van der Waals surface area contributed by atoms with Crippen molar-refractivity contribution in [1.82, 2.24) is 4.90 Å². The second-order valence-electron chi connectivity index (χ2n) is 4.91. The fourth-order valence-corrected chi connectivity index (χ4v) is 2.30. The van der Waals surface area contributed by atoms with Gasteiger partial charge >= 0.3 is 0 Å². The van der Waals surface area contributed by atoms with Crippen LogP contribution in [-0.4, -0.2) is 24.8 Å². The van der Waals surface area contributed by atoms with E-state index in [4.69, 9.17) is 0 Å². The summed E-state index contributed by atoms with van der Waals surface area (Å²) in [7, 11) is 3.89. The molecule has 1 atom stereocenters. The van der Waals surface area contributed by atoms with Crippen LogP contribution < -0.4 is 0 Å². The minimum Gasteiger partial charge on any atom is -0.297 e. The summed E-state index contributed by atoms with van der Waals surface area (Å²) in [5, 5.41) is 0. The first-order valence-electron chi connectivity index (χ1n) is 6.46. The summed E-state index contributed by atoms with van der Waals surface area (Å²) in [6.07, 6.45) is 0.471. The van der Waals surface area contributed by atoms with Crippen molar-refractivity contribution in [2.45, 2.75) is 12.5 Å². The molecule has 0 saturated heterocycles. The van der Waals surface area contributed by atoms with Crippen LogP contribution in [0.4, 0.5) is 0 Å². The molecule has 0 amide bonds. The smallest absolute Gasteiger partial charge is 0.158 e. The maximum absolute atomic E-state index is 12.5. The Morgan fingerprint density at radius 2 is 1.47 bits per heavy atom. The van der Waals surface area contributed by atoms with Gasteiger partial charge in [-0.3, -0.25) is 9.69 Å². The molecule has 2 rings (SSSR count). The molecule has 0 aliphatic carbocycles. The second-order valence-corrected chi connectivity index (χ2v) is 4.91. The monoisotopic (exact) mass is 253 g/mol. The molecule has 0 radical (unpaired) electrons. The highest BCUT2D eigenvalue weighted by atomic mass is 16.1. The van der Waals surface area contributed by atoms with Gasteiger partial charge in [0.15, 0.2) is 5.78 Å². The van der Waals surface area contributed by atoms with Crippen LogP contribution in [0.1, 0.15) is 17.2 Å². The molecular formula is C17H19NO. The molecule has 2 aromatic carbocycles. The van der Waals surface area contributed by atoms with E-state index in [-0.39, 0.29) is 11.8 Å². The maximum Gasteiger partial charge on any atom is 0.158 e. The van der Waals surface area contributed by atoms with Crippen molar-refractivity contribution in [1.29, 1.82) is 0 Å². The molecule has 0 bridgehead atoms. The van der Waals surface area contributed by atoms with Crippen molar-refractivity contribution >= 4 is 5.78 Å². The maximum atomic E-state index is 12.5. The van der Waals surface area contributed by atoms with Gasteiger partial charge in [-0.2, -0.15) is 0 Å².